The van der Waals surface area contributed by atoms with Gasteiger partial charge in [0.2, 0.25) is 0 Å². The molecular weight excluding hydrogens is 414 g/mol. The molecule has 2 heterocycles. The number of anilines is 2. The third-order valence-corrected chi connectivity index (χ3v) is 6.11. The molecule has 30 heavy (non-hydrogen) atoms. The number of nitrogens with zero attached hydrogens (tertiary/aromatic N) is 4. The summed E-state index contributed by atoms with van der Waals surface area (Å²) in [7, 11) is 1.66. The van der Waals surface area contributed by atoms with Gasteiger partial charge in [-0.1, -0.05) is 48.2 Å². The molecule has 2 aromatic carbocycles. The quantitative estimate of drug-likeness (QED) is 0.271. The van der Waals surface area contributed by atoms with Crippen molar-refractivity contribution in [1.82, 2.24) is 19.7 Å². The average Bonchev–Trinajstić information content (AvgIpc) is 3.40. The summed E-state index contributed by atoms with van der Waals surface area (Å²) < 4.78 is 7.54. The molecule has 152 valence electrons. The van der Waals surface area contributed by atoms with E-state index in [0.717, 1.165) is 38.8 Å². The Morgan fingerprint density at radius 2 is 1.93 bits per heavy atom. The van der Waals surface area contributed by atoms with Crippen molar-refractivity contribution < 1.29 is 4.74 Å². The van der Waals surface area contributed by atoms with Gasteiger partial charge in [-0.15, -0.1) is 28.1 Å². The van der Waals surface area contributed by atoms with Crippen molar-refractivity contribution >= 4 is 33.9 Å². The third kappa shape index (κ3) is 4.55. The lowest BCUT2D eigenvalue weighted by Gasteiger charge is -2.10. The predicted molar refractivity (Wildman–Crippen MR) is 124 cm³/mol. The molecule has 0 aliphatic carbocycles. The van der Waals surface area contributed by atoms with E-state index in [1.165, 1.54) is 0 Å². The Morgan fingerprint density at radius 3 is 2.73 bits per heavy atom. The molecule has 4 rings (SSSR count). The van der Waals surface area contributed by atoms with Crippen molar-refractivity contribution in [3.05, 3.63) is 78.3 Å². The van der Waals surface area contributed by atoms with Gasteiger partial charge in [0.05, 0.1) is 18.4 Å². The van der Waals surface area contributed by atoms with Crippen LogP contribution in [0.2, 0.25) is 0 Å². The SMILES string of the molecule is C=CCn1c(SCc2csc(Nc3ccccc3)n2)nnc1-c1ccccc1OC. The van der Waals surface area contributed by atoms with Gasteiger partial charge in [-0.05, 0) is 24.3 Å². The molecule has 0 radical (unpaired) electrons. The van der Waals surface area contributed by atoms with Crippen LogP contribution in [0.1, 0.15) is 5.69 Å². The summed E-state index contributed by atoms with van der Waals surface area (Å²) in [5.74, 6) is 2.23. The number of rotatable bonds is 9. The van der Waals surface area contributed by atoms with Crippen LogP contribution < -0.4 is 10.1 Å². The predicted octanol–water partition coefficient (Wildman–Crippen LogP) is 5.63. The minimum Gasteiger partial charge on any atom is -0.496 e. The third-order valence-electron chi connectivity index (χ3n) is 4.30. The molecule has 0 aliphatic heterocycles. The van der Waals surface area contributed by atoms with Crippen molar-refractivity contribution in [2.45, 2.75) is 17.5 Å². The minimum absolute atomic E-state index is 0.612. The number of allylic oxidation sites excluding steroid dienone is 1. The average molecular weight is 436 g/mol. The number of nitrogens with one attached hydrogen (secondary N) is 1. The summed E-state index contributed by atoms with van der Waals surface area (Å²) in [4.78, 5) is 4.68. The Balaban J connectivity index is 1.50. The molecule has 0 spiro atoms. The number of hydrogen-bond acceptors (Lipinski definition) is 7. The smallest absolute Gasteiger partial charge is 0.192 e. The molecule has 0 bridgehead atoms. The van der Waals surface area contributed by atoms with Gasteiger partial charge in [0.15, 0.2) is 16.1 Å². The maximum absolute atomic E-state index is 5.49. The second-order valence-electron chi connectivity index (χ2n) is 6.33. The van der Waals surface area contributed by atoms with Crippen LogP contribution in [0.4, 0.5) is 10.8 Å². The van der Waals surface area contributed by atoms with E-state index < -0.39 is 0 Å². The maximum atomic E-state index is 5.49. The lowest BCUT2D eigenvalue weighted by Crippen LogP contribution is -2.01. The summed E-state index contributed by atoms with van der Waals surface area (Å²) in [6.07, 6.45) is 1.84. The normalized spacial score (nSPS) is 10.7. The van der Waals surface area contributed by atoms with Gasteiger partial charge in [-0.3, -0.25) is 4.57 Å². The Kier molecular flexibility index (Phi) is 6.46. The zero-order valence-electron chi connectivity index (χ0n) is 16.5. The summed E-state index contributed by atoms with van der Waals surface area (Å²) in [5.41, 5.74) is 2.93. The second kappa shape index (κ2) is 9.60. The number of thiazole rings is 1. The van der Waals surface area contributed by atoms with E-state index in [-0.39, 0.29) is 0 Å². The fraction of sp³-hybridized carbons (Fsp3) is 0.136. The van der Waals surface area contributed by atoms with Crippen LogP contribution in [0.25, 0.3) is 11.4 Å². The van der Waals surface area contributed by atoms with Crippen molar-refractivity contribution in [2.75, 3.05) is 12.4 Å². The lowest BCUT2D eigenvalue weighted by atomic mass is 10.2. The molecule has 8 heteroatoms. The van der Waals surface area contributed by atoms with Crippen LogP contribution >= 0.6 is 23.1 Å². The first kappa shape index (κ1) is 20.2. The second-order valence-corrected chi connectivity index (χ2v) is 8.13. The highest BCUT2D eigenvalue weighted by Crippen LogP contribution is 2.32. The van der Waals surface area contributed by atoms with Crippen LogP contribution in [0.5, 0.6) is 5.75 Å². The van der Waals surface area contributed by atoms with Crippen molar-refractivity contribution in [2.24, 2.45) is 0 Å². The lowest BCUT2D eigenvalue weighted by molar-refractivity contribution is 0.416. The van der Waals surface area contributed by atoms with E-state index in [2.05, 4.69) is 32.5 Å². The zero-order valence-corrected chi connectivity index (χ0v) is 18.1. The molecule has 1 N–H and O–H groups in total. The Labute approximate surface area is 183 Å². The van der Waals surface area contributed by atoms with E-state index in [0.29, 0.717) is 12.3 Å². The fourth-order valence-corrected chi connectivity index (χ4v) is 4.61. The van der Waals surface area contributed by atoms with Crippen molar-refractivity contribution in [1.29, 1.82) is 0 Å². The zero-order chi connectivity index (χ0) is 20.8. The van der Waals surface area contributed by atoms with E-state index in [1.54, 1.807) is 30.2 Å². The van der Waals surface area contributed by atoms with Crippen LogP contribution in [0.15, 0.2) is 77.8 Å². The summed E-state index contributed by atoms with van der Waals surface area (Å²) in [5, 5.41) is 15.9. The molecular formula is C22H21N5OS2. The van der Waals surface area contributed by atoms with Gasteiger partial charge in [-0.2, -0.15) is 0 Å². The number of benzene rings is 2. The largest absolute Gasteiger partial charge is 0.496 e. The highest BCUT2D eigenvalue weighted by atomic mass is 32.2. The molecule has 2 aromatic heterocycles. The standard InChI is InChI=1S/C22H21N5OS2/c1-3-13-27-20(18-11-7-8-12-19(18)28-2)25-26-22(27)30-15-17-14-29-21(24-17)23-16-9-5-4-6-10-16/h3-12,14H,1,13,15H2,2H3,(H,23,24). The molecule has 0 saturated carbocycles. The highest BCUT2D eigenvalue weighted by molar-refractivity contribution is 7.98. The number of thioether (sulfide) groups is 1. The van der Waals surface area contributed by atoms with Crippen molar-refractivity contribution in [3.8, 4) is 17.1 Å². The summed E-state index contributed by atoms with van der Waals surface area (Å²) in [6, 6.07) is 17.8. The Morgan fingerprint density at radius 1 is 1.13 bits per heavy atom. The van der Waals surface area contributed by atoms with Crippen LogP contribution in [0, 0.1) is 0 Å². The number of hydrogen-bond donors (Lipinski definition) is 1. The van der Waals surface area contributed by atoms with Gasteiger partial charge in [0, 0.05) is 23.4 Å². The topological polar surface area (TPSA) is 64.9 Å². The summed E-state index contributed by atoms with van der Waals surface area (Å²) in [6.45, 7) is 4.49. The van der Waals surface area contributed by atoms with Crippen molar-refractivity contribution in [3.63, 3.8) is 0 Å². The number of methoxy groups -OCH3 is 1. The summed E-state index contributed by atoms with van der Waals surface area (Å²) >= 11 is 3.20. The Bertz CT molecular complexity index is 1120. The maximum Gasteiger partial charge on any atom is 0.192 e. The number of aromatic nitrogens is 4. The van der Waals surface area contributed by atoms with Gasteiger partial charge in [-0.25, -0.2) is 4.98 Å². The molecule has 0 aliphatic rings. The molecule has 0 saturated heterocycles. The minimum atomic E-state index is 0.612. The molecule has 6 nitrogen and oxygen atoms in total. The molecule has 4 aromatic rings. The van der Waals surface area contributed by atoms with Gasteiger partial charge >= 0.3 is 0 Å². The highest BCUT2D eigenvalue weighted by Gasteiger charge is 2.17. The Hall–Kier alpha value is -3.10. The van der Waals surface area contributed by atoms with Crippen LogP contribution in [-0.4, -0.2) is 26.9 Å². The first-order valence-electron chi connectivity index (χ1n) is 9.35. The van der Waals surface area contributed by atoms with Crippen LogP contribution in [-0.2, 0) is 12.3 Å². The molecule has 0 atom stereocenters. The fourth-order valence-electron chi connectivity index (χ4n) is 2.93. The first-order chi connectivity index (χ1) is 14.8. The first-order valence-corrected chi connectivity index (χ1v) is 11.2. The monoisotopic (exact) mass is 435 g/mol. The van der Waals surface area contributed by atoms with E-state index in [1.807, 2.05) is 65.2 Å². The number of para-hydroxylation sites is 2. The molecule has 0 fully saturated rings. The number of ether oxygens (including phenoxy) is 1. The van der Waals surface area contributed by atoms with Crippen LogP contribution in [0.3, 0.4) is 0 Å². The molecule has 0 unspecified atom stereocenters. The van der Waals surface area contributed by atoms with E-state index in [9.17, 15) is 0 Å². The van der Waals surface area contributed by atoms with Gasteiger partial charge in [0.25, 0.3) is 0 Å². The van der Waals surface area contributed by atoms with E-state index >= 15 is 0 Å². The molecule has 0 amide bonds. The van der Waals surface area contributed by atoms with Gasteiger partial charge < -0.3 is 10.1 Å². The van der Waals surface area contributed by atoms with E-state index in [4.69, 9.17) is 4.74 Å². The van der Waals surface area contributed by atoms with Gasteiger partial charge in [0.1, 0.15) is 5.75 Å².